The van der Waals surface area contributed by atoms with E-state index in [0.717, 1.165) is 5.57 Å². The smallest absolute Gasteiger partial charge is 0.159 e. The van der Waals surface area contributed by atoms with Crippen LogP contribution >= 0.6 is 0 Å². The molecule has 0 bridgehead atoms. The Hall–Kier alpha value is -0.890. The van der Waals surface area contributed by atoms with Crippen LogP contribution in [-0.2, 0) is 4.79 Å². The first-order valence-electron chi connectivity index (χ1n) is 3.75. The number of ketones is 1. The largest absolute Gasteiger partial charge is 0.396 e. The molecule has 1 N–H and O–H groups in total. The van der Waals surface area contributed by atoms with Gasteiger partial charge in [0.1, 0.15) is 0 Å². The zero-order chi connectivity index (χ0) is 8.27. The topological polar surface area (TPSA) is 37.3 Å². The van der Waals surface area contributed by atoms with Crippen molar-refractivity contribution in [3.63, 3.8) is 0 Å². The standard InChI is InChI=1S/C9H12O2/c1-7(6-10)8-3-2-4-9(11)5-8/h2-4,7,10H,5-6H2,1H3/t7-/m0/s1. The van der Waals surface area contributed by atoms with Gasteiger partial charge in [0, 0.05) is 18.9 Å². The zero-order valence-electron chi connectivity index (χ0n) is 6.58. The monoisotopic (exact) mass is 152 g/mol. The highest BCUT2D eigenvalue weighted by atomic mass is 16.3. The highest BCUT2D eigenvalue weighted by molar-refractivity contribution is 5.93. The van der Waals surface area contributed by atoms with Gasteiger partial charge in [-0.15, -0.1) is 0 Å². The van der Waals surface area contributed by atoms with Gasteiger partial charge in [0.05, 0.1) is 0 Å². The fourth-order valence-corrected chi connectivity index (χ4v) is 1.05. The highest BCUT2D eigenvalue weighted by Crippen LogP contribution is 2.17. The van der Waals surface area contributed by atoms with Crippen LogP contribution < -0.4 is 0 Å². The number of aliphatic hydroxyl groups excluding tert-OH is 1. The molecule has 1 rings (SSSR count). The second-order valence-electron chi connectivity index (χ2n) is 2.83. The van der Waals surface area contributed by atoms with Gasteiger partial charge >= 0.3 is 0 Å². The molecule has 0 radical (unpaired) electrons. The third kappa shape index (κ3) is 2.02. The Labute approximate surface area is 66.2 Å². The van der Waals surface area contributed by atoms with Crippen LogP contribution in [0.3, 0.4) is 0 Å². The van der Waals surface area contributed by atoms with Crippen LogP contribution in [0.2, 0.25) is 0 Å². The lowest BCUT2D eigenvalue weighted by Crippen LogP contribution is -2.10. The molecule has 2 nitrogen and oxygen atoms in total. The van der Waals surface area contributed by atoms with Crippen molar-refractivity contribution in [2.24, 2.45) is 5.92 Å². The van der Waals surface area contributed by atoms with E-state index in [4.69, 9.17) is 5.11 Å². The first-order valence-corrected chi connectivity index (χ1v) is 3.75. The molecule has 0 aromatic heterocycles. The van der Waals surface area contributed by atoms with E-state index in [1.807, 2.05) is 13.0 Å². The lowest BCUT2D eigenvalue weighted by atomic mass is 9.93. The molecule has 1 aliphatic carbocycles. The summed E-state index contributed by atoms with van der Waals surface area (Å²) in [5.41, 5.74) is 1.03. The summed E-state index contributed by atoms with van der Waals surface area (Å²) in [6, 6.07) is 0. The Bertz CT molecular complexity index is 214. The summed E-state index contributed by atoms with van der Waals surface area (Å²) < 4.78 is 0. The fourth-order valence-electron chi connectivity index (χ4n) is 1.05. The summed E-state index contributed by atoms with van der Waals surface area (Å²) in [7, 11) is 0. The van der Waals surface area contributed by atoms with E-state index in [9.17, 15) is 4.79 Å². The first-order chi connectivity index (χ1) is 5.24. The molecule has 0 aliphatic heterocycles. The molecule has 11 heavy (non-hydrogen) atoms. The van der Waals surface area contributed by atoms with Crippen molar-refractivity contribution in [3.8, 4) is 0 Å². The lowest BCUT2D eigenvalue weighted by molar-refractivity contribution is -0.114. The van der Waals surface area contributed by atoms with Crippen LogP contribution in [0.1, 0.15) is 13.3 Å². The van der Waals surface area contributed by atoms with Crippen LogP contribution in [-0.4, -0.2) is 17.5 Å². The average Bonchev–Trinajstić information content (AvgIpc) is 2.03. The Morgan fingerprint density at radius 2 is 2.45 bits per heavy atom. The van der Waals surface area contributed by atoms with Crippen molar-refractivity contribution >= 4 is 5.78 Å². The molecular formula is C9H12O2. The van der Waals surface area contributed by atoms with E-state index in [1.54, 1.807) is 12.2 Å². The molecule has 0 spiro atoms. The molecule has 0 saturated carbocycles. The minimum Gasteiger partial charge on any atom is -0.396 e. The minimum atomic E-state index is 0.115. The summed E-state index contributed by atoms with van der Waals surface area (Å²) >= 11 is 0. The maximum absolute atomic E-state index is 10.9. The molecule has 0 aromatic carbocycles. The molecule has 0 fully saturated rings. The Morgan fingerprint density at radius 3 is 3.00 bits per heavy atom. The van der Waals surface area contributed by atoms with Crippen LogP contribution in [0, 0.1) is 5.92 Å². The van der Waals surface area contributed by atoms with Gasteiger partial charge in [-0.05, 0) is 6.08 Å². The second kappa shape index (κ2) is 3.49. The van der Waals surface area contributed by atoms with Crippen LogP contribution in [0.15, 0.2) is 23.8 Å². The molecule has 0 aromatic rings. The van der Waals surface area contributed by atoms with Crippen molar-refractivity contribution in [2.45, 2.75) is 13.3 Å². The first kappa shape index (κ1) is 8.21. The van der Waals surface area contributed by atoms with Gasteiger partial charge in [-0.2, -0.15) is 0 Å². The van der Waals surface area contributed by atoms with Crippen LogP contribution in [0.25, 0.3) is 0 Å². The van der Waals surface area contributed by atoms with E-state index < -0.39 is 0 Å². The number of aliphatic hydroxyl groups is 1. The minimum absolute atomic E-state index is 0.115. The second-order valence-corrected chi connectivity index (χ2v) is 2.83. The third-order valence-electron chi connectivity index (χ3n) is 1.88. The van der Waals surface area contributed by atoms with E-state index in [1.165, 1.54) is 0 Å². The molecule has 0 heterocycles. The van der Waals surface area contributed by atoms with Crippen LogP contribution in [0.4, 0.5) is 0 Å². The quantitative estimate of drug-likeness (QED) is 0.642. The van der Waals surface area contributed by atoms with Gasteiger partial charge < -0.3 is 5.11 Å². The van der Waals surface area contributed by atoms with Gasteiger partial charge in [0.15, 0.2) is 5.78 Å². The number of carbonyl (C=O) groups is 1. The summed E-state index contributed by atoms with van der Waals surface area (Å²) in [4.78, 5) is 10.9. The average molecular weight is 152 g/mol. The molecular weight excluding hydrogens is 140 g/mol. The van der Waals surface area contributed by atoms with Gasteiger partial charge in [-0.25, -0.2) is 0 Å². The van der Waals surface area contributed by atoms with Crippen molar-refractivity contribution in [1.29, 1.82) is 0 Å². The zero-order valence-corrected chi connectivity index (χ0v) is 6.58. The number of carbonyl (C=O) groups excluding carboxylic acids is 1. The van der Waals surface area contributed by atoms with E-state index in [-0.39, 0.29) is 18.3 Å². The molecule has 1 atom stereocenters. The normalized spacial score (nSPS) is 19.8. The summed E-state index contributed by atoms with van der Waals surface area (Å²) in [5, 5.41) is 8.80. The Balaban J connectivity index is 2.66. The third-order valence-corrected chi connectivity index (χ3v) is 1.88. The number of hydrogen-bond acceptors (Lipinski definition) is 2. The lowest BCUT2D eigenvalue weighted by Gasteiger charge is -2.13. The number of rotatable bonds is 2. The number of allylic oxidation sites excluding steroid dienone is 3. The SMILES string of the molecule is C[C@@H](CO)C1=CC=CC(=O)C1. The van der Waals surface area contributed by atoms with Crippen molar-refractivity contribution in [2.75, 3.05) is 6.61 Å². The summed E-state index contributed by atoms with van der Waals surface area (Å²) in [6.45, 7) is 2.03. The highest BCUT2D eigenvalue weighted by Gasteiger charge is 2.12. The maximum Gasteiger partial charge on any atom is 0.159 e. The fraction of sp³-hybridized carbons (Fsp3) is 0.444. The number of hydrogen-bond donors (Lipinski definition) is 1. The van der Waals surface area contributed by atoms with Gasteiger partial charge in [-0.3, -0.25) is 4.79 Å². The molecule has 0 saturated heterocycles. The van der Waals surface area contributed by atoms with Crippen LogP contribution in [0.5, 0.6) is 0 Å². The van der Waals surface area contributed by atoms with Gasteiger partial charge in [0.25, 0.3) is 0 Å². The van der Waals surface area contributed by atoms with Crippen molar-refractivity contribution in [1.82, 2.24) is 0 Å². The van der Waals surface area contributed by atoms with Gasteiger partial charge in [-0.1, -0.05) is 24.6 Å². The predicted octanol–water partition coefficient (Wildman–Crippen LogP) is 1.07. The Morgan fingerprint density at radius 1 is 1.73 bits per heavy atom. The van der Waals surface area contributed by atoms with E-state index in [0.29, 0.717) is 6.42 Å². The van der Waals surface area contributed by atoms with E-state index in [2.05, 4.69) is 0 Å². The predicted molar refractivity (Wildman–Crippen MR) is 43.1 cm³/mol. The molecule has 0 unspecified atom stereocenters. The molecule has 0 amide bonds. The summed E-state index contributed by atoms with van der Waals surface area (Å²) in [5.74, 6) is 0.242. The van der Waals surface area contributed by atoms with Gasteiger partial charge in [0.2, 0.25) is 0 Å². The summed E-state index contributed by atoms with van der Waals surface area (Å²) in [6.07, 6.45) is 5.68. The molecule has 1 aliphatic rings. The molecule has 2 heteroatoms. The molecule has 60 valence electrons. The Kier molecular flexibility index (Phi) is 2.60. The maximum atomic E-state index is 10.9. The van der Waals surface area contributed by atoms with Crippen molar-refractivity contribution in [3.05, 3.63) is 23.8 Å². The van der Waals surface area contributed by atoms with E-state index >= 15 is 0 Å². The van der Waals surface area contributed by atoms with Crippen molar-refractivity contribution < 1.29 is 9.90 Å².